The summed E-state index contributed by atoms with van der Waals surface area (Å²) < 4.78 is 39.6. The molecule has 0 spiro atoms. The van der Waals surface area contributed by atoms with Gasteiger partial charge in [-0.1, -0.05) is 54.2 Å². The molecule has 4 aromatic rings. The number of rotatable bonds is 6. The van der Waals surface area contributed by atoms with Crippen molar-refractivity contribution in [2.75, 3.05) is 0 Å². The largest absolute Gasteiger partial charge is 0.508 e. The molecule has 40 heavy (non-hydrogen) atoms. The summed E-state index contributed by atoms with van der Waals surface area (Å²) in [5, 5.41) is 22.7. The number of aromatic hydroxyl groups is 1. The minimum absolute atomic E-state index is 0.0157. The molecule has 5 rings (SSSR count). The molecular weight excluding hydrogens is 537 g/mol. The number of carboxylic acids is 1. The van der Waals surface area contributed by atoms with Crippen LogP contribution in [0.2, 0.25) is 0 Å². The van der Waals surface area contributed by atoms with Gasteiger partial charge >= 0.3 is 12.1 Å². The average Bonchev–Trinajstić information content (AvgIpc) is 3.51. The Labute approximate surface area is 235 Å². The van der Waals surface area contributed by atoms with Gasteiger partial charge in [-0.25, -0.2) is 4.79 Å². The van der Waals surface area contributed by atoms with E-state index in [0.717, 1.165) is 41.4 Å². The molecule has 0 amide bonds. The van der Waals surface area contributed by atoms with Gasteiger partial charge in [-0.15, -0.1) is 0 Å². The topological polar surface area (TPSA) is 74.5 Å². The summed E-state index contributed by atoms with van der Waals surface area (Å²) in [5.41, 5.74) is 2.51. The monoisotopic (exact) mass is 568 g/mol. The molecule has 1 aliphatic rings. The lowest BCUT2D eigenvalue weighted by Gasteiger charge is -2.22. The molecule has 1 aliphatic heterocycles. The molecule has 9 heteroatoms. The number of hydrogen-bond donors (Lipinski definition) is 3. The van der Waals surface area contributed by atoms with Crippen LogP contribution >= 0.6 is 11.8 Å². The van der Waals surface area contributed by atoms with Gasteiger partial charge in [-0.05, 0) is 81.1 Å². The second-order valence-corrected chi connectivity index (χ2v) is 11.4. The highest BCUT2D eigenvalue weighted by Gasteiger charge is 2.31. The Balaban J connectivity index is 0.000000201. The van der Waals surface area contributed by atoms with Gasteiger partial charge in [0.1, 0.15) is 16.7 Å². The Kier molecular flexibility index (Phi) is 8.54. The van der Waals surface area contributed by atoms with Crippen molar-refractivity contribution in [3.05, 3.63) is 112 Å². The van der Waals surface area contributed by atoms with E-state index in [1.165, 1.54) is 16.2 Å². The van der Waals surface area contributed by atoms with Crippen molar-refractivity contribution < 1.29 is 28.2 Å². The molecular formula is C31H31F3N2O3S. The predicted octanol–water partition coefficient (Wildman–Crippen LogP) is 8.07. The zero-order valence-corrected chi connectivity index (χ0v) is 23.2. The zero-order valence-electron chi connectivity index (χ0n) is 22.4. The third-order valence-corrected chi connectivity index (χ3v) is 8.10. The summed E-state index contributed by atoms with van der Waals surface area (Å²) in [6, 6.07) is 22.3. The molecule has 210 valence electrons. The molecule has 0 radical (unpaired) electrons. The number of nitrogens with one attached hydrogen (secondary N) is 1. The molecule has 1 aromatic heterocycles. The van der Waals surface area contributed by atoms with E-state index in [4.69, 9.17) is 5.11 Å². The quantitative estimate of drug-likeness (QED) is 0.219. The zero-order chi connectivity index (χ0) is 29.1. The van der Waals surface area contributed by atoms with Gasteiger partial charge in [-0.2, -0.15) is 13.2 Å². The number of aliphatic carboxylic acids is 1. The number of alkyl halides is 3. The van der Waals surface area contributed by atoms with Gasteiger partial charge in [-0.3, -0.25) is 0 Å². The van der Waals surface area contributed by atoms with Gasteiger partial charge in [0.15, 0.2) is 0 Å². The second kappa shape index (κ2) is 11.7. The minimum Gasteiger partial charge on any atom is -0.508 e. The van der Waals surface area contributed by atoms with E-state index >= 15 is 0 Å². The third-order valence-electron chi connectivity index (χ3n) is 6.87. The number of nitrogens with zero attached hydrogens (tertiary/aromatic N) is 1. The maximum atomic E-state index is 12.7. The summed E-state index contributed by atoms with van der Waals surface area (Å²) in [6.45, 7) is 5.34. The van der Waals surface area contributed by atoms with Gasteiger partial charge in [0, 0.05) is 27.7 Å². The fourth-order valence-electron chi connectivity index (χ4n) is 4.42. The Morgan fingerprint density at radius 1 is 0.975 bits per heavy atom. The van der Waals surface area contributed by atoms with Gasteiger partial charge in [0.05, 0.1) is 5.56 Å². The van der Waals surface area contributed by atoms with Crippen LogP contribution in [0, 0.1) is 0 Å². The van der Waals surface area contributed by atoms with Crippen molar-refractivity contribution in [3.63, 3.8) is 0 Å². The van der Waals surface area contributed by atoms with Crippen LogP contribution in [-0.2, 0) is 22.9 Å². The van der Waals surface area contributed by atoms with E-state index in [1.54, 1.807) is 72.8 Å². The van der Waals surface area contributed by atoms with Crippen molar-refractivity contribution in [1.29, 1.82) is 0 Å². The third kappa shape index (κ3) is 6.65. The van der Waals surface area contributed by atoms with Crippen LogP contribution < -0.4 is 5.32 Å². The SMILES string of the molecule is CC(C)(C(=O)O)n1ccc2cc(O)ccc21.CC1=C(CCc2ccccc2)NC(c2ccc(C(F)(F)F)cc2)S1. The molecule has 3 aromatic carbocycles. The molecule has 0 saturated carbocycles. The van der Waals surface area contributed by atoms with E-state index in [1.807, 2.05) is 18.2 Å². The van der Waals surface area contributed by atoms with Crippen molar-refractivity contribution in [2.45, 2.75) is 50.7 Å². The van der Waals surface area contributed by atoms with Gasteiger partial charge < -0.3 is 20.1 Å². The number of thioether (sulfide) groups is 1. The van der Waals surface area contributed by atoms with Crippen molar-refractivity contribution in [2.24, 2.45) is 0 Å². The molecule has 1 unspecified atom stereocenters. The lowest BCUT2D eigenvalue weighted by atomic mass is 10.1. The van der Waals surface area contributed by atoms with E-state index in [9.17, 15) is 23.1 Å². The second-order valence-electron chi connectivity index (χ2n) is 10.1. The van der Waals surface area contributed by atoms with Crippen molar-refractivity contribution in [1.82, 2.24) is 9.88 Å². The first-order valence-corrected chi connectivity index (χ1v) is 13.6. The van der Waals surface area contributed by atoms with Crippen LogP contribution in [0.25, 0.3) is 10.9 Å². The van der Waals surface area contributed by atoms with E-state index < -0.39 is 23.2 Å². The Hall–Kier alpha value is -3.85. The first-order chi connectivity index (χ1) is 18.9. The number of fused-ring (bicyclic) bond motifs is 1. The molecule has 2 heterocycles. The highest BCUT2D eigenvalue weighted by atomic mass is 32.2. The van der Waals surface area contributed by atoms with Crippen molar-refractivity contribution >= 4 is 28.6 Å². The Morgan fingerprint density at radius 2 is 1.65 bits per heavy atom. The van der Waals surface area contributed by atoms with E-state index in [0.29, 0.717) is 0 Å². The normalized spacial score (nSPS) is 15.5. The number of carbonyl (C=O) groups is 1. The summed E-state index contributed by atoms with van der Waals surface area (Å²) in [7, 11) is 0. The molecule has 0 aliphatic carbocycles. The van der Waals surface area contributed by atoms with Gasteiger partial charge in [0.25, 0.3) is 0 Å². The van der Waals surface area contributed by atoms with Crippen LogP contribution in [0.3, 0.4) is 0 Å². The van der Waals surface area contributed by atoms with Crippen LogP contribution in [0.15, 0.2) is 95.7 Å². The number of phenols is 1. The summed E-state index contributed by atoms with van der Waals surface area (Å²) >= 11 is 1.66. The predicted molar refractivity (Wildman–Crippen MR) is 153 cm³/mol. The highest BCUT2D eigenvalue weighted by molar-refractivity contribution is 8.03. The van der Waals surface area contributed by atoms with Crippen LogP contribution in [0.5, 0.6) is 5.75 Å². The molecule has 0 bridgehead atoms. The maximum absolute atomic E-state index is 12.7. The summed E-state index contributed by atoms with van der Waals surface area (Å²) in [5.74, 6) is -0.712. The van der Waals surface area contributed by atoms with Gasteiger partial charge in [0.2, 0.25) is 0 Å². The van der Waals surface area contributed by atoms with Crippen LogP contribution in [-0.4, -0.2) is 20.7 Å². The molecule has 3 N–H and O–H groups in total. The number of aryl methyl sites for hydroxylation is 1. The minimum atomic E-state index is -4.29. The number of halogens is 3. The first kappa shape index (κ1) is 29.1. The number of allylic oxidation sites excluding steroid dienone is 2. The van der Waals surface area contributed by atoms with Crippen LogP contribution in [0.4, 0.5) is 13.2 Å². The molecule has 5 nitrogen and oxygen atoms in total. The van der Waals surface area contributed by atoms with Crippen LogP contribution in [0.1, 0.15) is 49.3 Å². The fraction of sp³-hybridized carbons (Fsp3) is 0.258. The molecule has 1 atom stereocenters. The standard InChI is InChI=1S/C19H18F3NS.C12H13NO3/c1-13-17(12-7-14-5-3-2-4-6-14)23-18(24-13)15-8-10-16(11-9-15)19(20,21)22;1-12(2,11(15)16)13-6-5-8-7-9(14)3-4-10(8)13/h2-6,8-11,18,23H,7,12H2,1H3;3-7,14H,1-2H3,(H,15,16). The number of phenolic OH excluding ortho intramolecular Hbond substituents is 1. The first-order valence-electron chi connectivity index (χ1n) is 12.7. The number of hydrogen-bond acceptors (Lipinski definition) is 4. The average molecular weight is 569 g/mol. The van der Waals surface area contributed by atoms with Crippen molar-refractivity contribution in [3.8, 4) is 5.75 Å². The number of aromatic nitrogens is 1. The maximum Gasteiger partial charge on any atom is 0.416 e. The Morgan fingerprint density at radius 3 is 2.27 bits per heavy atom. The number of carboxylic acid groups (broad SMARTS) is 1. The Bertz CT molecular complexity index is 1510. The van der Waals surface area contributed by atoms with E-state index in [-0.39, 0.29) is 11.1 Å². The number of benzene rings is 3. The lowest BCUT2D eigenvalue weighted by Crippen LogP contribution is -2.34. The summed E-state index contributed by atoms with van der Waals surface area (Å²) in [4.78, 5) is 12.4. The highest BCUT2D eigenvalue weighted by Crippen LogP contribution is 2.41. The summed E-state index contributed by atoms with van der Waals surface area (Å²) in [6.07, 6.45) is -0.719. The molecule has 0 fully saturated rings. The van der Waals surface area contributed by atoms with E-state index in [2.05, 4.69) is 24.4 Å². The fourth-order valence-corrected chi connectivity index (χ4v) is 5.57. The smallest absolute Gasteiger partial charge is 0.416 e. The molecule has 0 saturated heterocycles. The lowest BCUT2D eigenvalue weighted by molar-refractivity contribution is -0.145.